The Morgan fingerprint density at radius 3 is 2.36 bits per heavy atom. The molecule has 0 unspecified atom stereocenters. The van der Waals surface area contributed by atoms with Crippen LogP contribution in [0, 0.1) is 0 Å². The van der Waals surface area contributed by atoms with E-state index in [-0.39, 0.29) is 18.2 Å². The Balaban J connectivity index is 1.97. The maximum absolute atomic E-state index is 12.5. The van der Waals surface area contributed by atoms with Crippen LogP contribution in [0.2, 0.25) is 0 Å². The molecule has 6 nitrogen and oxygen atoms in total. The zero-order chi connectivity index (χ0) is 20.5. The highest BCUT2D eigenvalue weighted by Gasteiger charge is 2.19. The lowest BCUT2D eigenvalue weighted by Gasteiger charge is -2.21. The molecule has 6 heteroatoms. The average Bonchev–Trinajstić information content (AvgIpc) is 2.67. The predicted molar refractivity (Wildman–Crippen MR) is 109 cm³/mol. The number of carbonyl (C=O) groups is 2. The lowest BCUT2D eigenvalue weighted by Crippen LogP contribution is -2.45. The Kier molecular flexibility index (Phi) is 8.02. The van der Waals surface area contributed by atoms with Crippen LogP contribution in [0.25, 0.3) is 0 Å². The van der Waals surface area contributed by atoms with Gasteiger partial charge < -0.3 is 14.8 Å². The normalized spacial score (nSPS) is 11.8. The molecule has 0 saturated heterocycles. The second kappa shape index (κ2) is 10.5. The van der Waals surface area contributed by atoms with E-state index in [0.29, 0.717) is 24.5 Å². The van der Waals surface area contributed by atoms with Crippen LogP contribution < -0.4 is 14.8 Å². The Hall–Kier alpha value is -2.86. The third-order valence-electron chi connectivity index (χ3n) is 4.45. The SMILES string of the molecule is COc1cccc(CN(C)CC(=O)N[C@@H](Cc2ccccc2)C(C)=O)c1OC. The average molecular weight is 384 g/mol. The van der Waals surface area contributed by atoms with E-state index in [1.807, 2.05) is 60.5 Å². The van der Waals surface area contributed by atoms with Gasteiger partial charge in [0.05, 0.1) is 26.8 Å². The van der Waals surface area contributed by atoms with Gasteiger partial charge in [0, 0.05) is 12.1 Å². The van der Waals surface area contributed by atoms with E-state index in [4.69, 9.17) is 9.47 Å². The smallest absolute Gasteiger partial charge is 0.234 e. The fourth-order valence-electron chi connectivity index (χ4n) is 3.06. The van der Waals surface area contributed by atoms with Crippen molar-refractivity contribution >= 4 is 11.7 Å². The number of hydrogen-bond donors (Lipinski definition) is 1. The number of rotatable bonds is 10. The summed E-state index contributed by atoms with van der Waals surface area (Å²) in [5.74, 6) is 1.05. The number of para-hydroxylation sites is 1. The van der Waals surface area contributed by atoms with Crippen LogP contribution in [0.4, 0.5) is 0 Å². The van der Waals surface area contributed by atoms with E-state index in [1.165, 1.54) is 6.92 Å². The van der Waals surface area contributed by atoms with Gasteiger partial charge in [0.25, 0.3) is 0 Å². The van der Waals surface area contributed by atoms with Gasteiger partial charge in [-0.1, -0.05) is 42.5 Å². The van der Waals surface area contributed by atoms with E-state index >= 15 is 0 Å². The van der Waals surface area contributed by atoms with Gasteiger partial charge >= 0.3 is 0 Å². The van der Waals surface area contributed by atoms with E-state index < -0.39 is 6.04 Å². The first-order valence-corrected chi connectivity index (χ1v) is 9.16. The van der Waals surface area contributed by atoms with Crippen molar-refractivity contribution in [1.82, 2.24) is 10.2 Å². The van der Waals surface area contributed by atoms with Crippen molar-refractivity contribution in [2.45, 2.75) is 25.9 Å². The van der Waals surface area contributed by atoms with Gasteiger partial charge in [-0.25, -0.2) is 0 Å². The Morgan fingerprint density at radius 2 is 1.75 bits per heavy atom. The number of nitrogens with zero attached hydrogens (tertiary/aromatic N) is 1. The first kappa shape index (κ1) is 21.4. The van der Waals surface area contributed by atoms with Crippen LogP contribution in [0.15, 0.2) is 48.5 Å². The molecule has 0 aliphatic heterocycles. The molecule has 150 valence electrons. The van der Waals surface area contributed by atoms with Crippen molar-refractivity contribution in [3.63, 3.8) is 0 Å². The molecule has 0 spiro atoms. The summed E-state index contributed by atoms with van der Waals surface area (Å²) in [7, 11) is 5.03. The van der Waals surface area contributed by atoms with Crippen molar-refractivity contribution in [1.29, 1.82) is 0 Å². The van der Waals surface area contributed by atoms with Gasteiger partial charge in [0.1, 0.15) is 0 Å². The molecular weight excluding hydrogens is 356 g/mol. The number of hydrogen-bond acceptors (Lipinski definition) is 5. The summed E-state index contributed by atoms with van der Waals surface area (Å²) in [5, 5.41) is 2.85. The van der Waals surface area contributed by atoms with Crippen LogP contribution in [0.3, 0.4) is 0 Å². The number of carbonyl (C=O) groups excluding carboxylic acids is 2. The van der Waals surface area contributed by atoms with E-state index in [9.17, 15) is 9.59 Å². The van der Waals surface area contributed by atoms with Crippen molar-refractivity contribution in [3.8, 4) is 11.5 Å². The molecule has 28 heavy (non-hydrogen) atoms. The molecule has 1 amide bonds. The fraction of sp³-hybridized carbons (Fsp3) is 0.364. The molecule has 2 rings (SSSR count). The second-order valence-corrected chi connectivity index (χ2v) is 6.75. The highest BCUT2D eigenvalue weighted by Crippen LogP contribution is 2.31. The zero-order valence-corrected chi connectivity index (χ0v) is 16.9. The fourth-order valence-corrected chi connectivity index (χ4v) is 3.06. The van der Waals surface area contributed by atoms with Gasteiger partial charge in [0.2, 0.25) is 5.91 Å². The number of amides is 1. The molecule has 2 aromatic rings. The molecule has 0 heterocycles. The number of ether oxygens (including phenoxy) is 2. The first-order valence-electron chi connectivity index (χ1n) is 9.16. The van der Waals surface area contributed by atoms with Crippen molar-refractivity contribution in [2.24, 2.45) is 0 Å². The summed E-state index contributed by atoms with van der Waals surface area (Å²) < 4.78 is 10.8. The van der Waals surface area contributed by atoms with Crippen LogP contribution in [0.1, 0.15) is 18.1 Å². The highest BCUT2D eigenvalue weighted by molar-refractivity contribution is 5.88. The summed E-state index contributed by atoms with van der Waals surface area (Å²) >= 11 is 0. The Morgan fingerprint density at radius 1 is 1.04 bits per heavy atom. The third kappa shape index (κ3) is 6.09. The van der Waals surface area contributed by atoms with Gasteiger partial charge in [0.15, 0.2) is 17.3 Å². The number of Topliss-reactive ketones (excluding diaryl/α,β-unsaturated/α-hetero) is 1. The van der Waals surface area contributed by atoms with Crippen molar-refractivity contribution in [2.75, 3.05) is 27.8 Å². The van der Waals surface area contributed by atoms with Crippen molar-refractivity contribution in [3.05, 3.63) is 59.7 Å². The molecular formula is C22H28N2O4. The van der Waals surface area contributed by atoms with Crippen LogP contribution in [-0.2, 0) is 22.6 Å². The van der Waals surface area contributed by atoms with E-state index in [1.54, 1.807) is 14.2 Å². The summed E-state index contributed by atoms with van der Waals surface area (Å²) in [6, 6.07) is 14.8. The van der Waals surface area contributed by atoms with Gasteiger partial charge in [-0.2, -0.15) is 0 Å². The summed E-state index contributed by atoms with van der Waals surface area (Å²) in [6.07, 6.45) is 0.481. The Labute approximate surface area is 166 Å². The summed E-state index contributed by atoms with van der Waals surface area (Å²) in [6.45, 7) is 2.18. The second-order valence-electron chi connectivity index (χ2n) is 6.75. The molecule has 1 N–H and O–H groups in total. The number of nitrogens with one attached hydrogen (secondary N) is 1. The maximum Gasteiger partial charge on any atom is 0.234 e. The lowest BCUT2D eigenvalue weighted by atomic mass is 10.0. The lowest BCUT2D eigenvalue weighted by molar-refractivity contribution is -0.127. The minimum absolute atomic E-state index is 0.0608. The molecule has 0 radical (unpaired) electrons. The Bertz CT molecular complexity index is 792. The van der Waals surface area contributed by atoms with Crippen LogP contribution in [0.5, 0.6) is 11.5 Å². The number of benzene rings is 2. The largest absolute Gasteiger partial charge is 0.493 e. The predicted octanol–water partition coefficient (Wildman–Crippen LogP) is 2.45. The van der Waals surface area contributed by atoms with E-state index in [0.717, 1.165) is 11.1 Å². The zero-order valence-electron chi connectivity index (χ0n) is 16.9. The van der Waals surface area contributed by atoms with Crippen LogP contribution >= 0.6 is 0 Å². The molecule has 1 atom stereocenters. The minimum atomic E-state index is -0.533. The summed E-state index contributed by atoms with van der Waals surface area (Å²) in [4.78, 5) is 26.3. The molecule has 0 bridgehead atoms. The van der Waals surface area contributed by atoms with Gasteiger partial charge in [-0.05, 0) is 32.0 Å². The molecule has 0 fully saturated rings. The van der Waals surface area contributed by atoms with E-state index in [2.05, 4.69) is 5.32 Å². The van der Waals surface area contributed by atoms with Gasteiger partial charge in [-0.15, -0.1) is 0 Å². The monoisotopic (exact) mass is 384 g/mol. The molecule has 0 aliphatic rings. The maximum atomic E-state index is 12.5. The molecule has 2 aromatic carbocycles. The number of ketones is 1. The molecule has 0 saturated carbocycles. The molecule has 0 aliphatic carbocycles. The van der Waals surface area contributed by atoms with Crippen LogP contribution in [-0.4, -0.2) is 50.4 Å². The highest BCUT2D eigenvalue weighted by atomic mass is 16.5. The van der Waals surface area contributed by atoms with Gasteiger partial charge in [-0.3, -0.25) is 14.5 Å². The van der Waals surface area contributed by atoms with Crippen molar-refractivity contribution < 1.29 is 19.1 Å². The standard InChI is InChI=1S/C22H28N2O4/c1-16(25)19(13-17-9-6-5-7-10-17)23-21(26)15-24(2)14-18-11-8-12-20(27-3)22(18)28-4/h5-12,19H,13-15H2,1-4H3,(H,23,26)/t19-/m0/s1. The molecule has 0 aromatic heterocycles. The quantitative estimate of drug-likeness (QED) is 0.682. The summed E-state index contributed by atoms with van der Waals surface area (Å²) in [5.41, 5.74) is 1.93. The minimum Gasteiger partial charge on any atom is -0.493 e. The number of methoxy groups -OCH3 is 2. The number of likely N-dealkylation sites (N-methyl/N-ethyl adjacent to an activating group) is 1. The third-order valence-corrected chi connectivity index (χ3v) is 4.45. The first-order chi connectivity index (χ1) is 13.4. The topological polar surface area (TPSA) is 67.9 Å².